The Kier molecular flexibility index (Phi) is 8.79. The SMILES string of the molecule is C=CCC/C(Cl)=C/CC(C)CSC. The fourth-order valence-corrected chi connectivity index (χ4v) is 1.93. The van der Waals surface area contributed by atoms with Crippen molar-refractivity contribution in [3.63, 3.8) is 0 Å². The van der Waals surface area contributed by atoms with Gasteiger partial charge in [0.2, 0.25) is 0 Å². The number of halogens is 1. The molecule has 0 saturated heterocycles. The second-order valence-electron chi connectivity index (χ2n) is 3.27. The van der Waals surface area contributed by atoms with Gasteiger partial charge in [-0.3, -0.25) is 0 Å². The van der Waals surface area contributed by atoms with E-state index in [1.807, 2.05) is 17.8 Å². The molecule has 0 heterocycles. The largest absolute Gasteiger partial charge is 0.165 e. The third-order valence-corrected chi connectivity index (χ3v) is 3.03. The van der Waals surface area contributed by atoms with E-state index in [4.69, 9.17) is 11.6 Å². The highest BCUT2D eigenvalue weighted by Crippen LogP contribution is 2.15. The Balaban J connectivity index is 3.61. The summed E-state index contributed by atoms with van der Waals surface area (Å²) in [5.74, 6) is 1.94. The molecular weight excluding hydrogens is 200 g/mol. The van der Waals surface area contributed by atoms with E-state index in [2.05, 4.69) is 25.8 Å². The summed E-state index contributed by atoms with van der Waals surface area (Å²) in [4.78, 5) is 0. The highest BCUT2D eigenvalue weighted by Gasteiger charge is 1.98. The Morgan fingerprint density at radius 3 is 2.85 bits per heavy atom. The minimum atomic E-state index is 0.729. The van der Waals surface area contributed by atoms with Gasteiger partial charge in [0.05, 0.1) is 0 Å². The first-order chi connectivity index (χ1) is 6.20. The van der Waals surface area contributed by atoms with E-state index in [9.17, 15) is 0 Å². The first kappa shape index (κ1) is 13.1. The second kappa shape index (κ2) is 8.71. The third-order valence-electron chi connectivity index (χ3n) is 1.78. The molecule has 0 aromatic rings. The van der Waals surface area contributed by atoms with Crippen molar-refractivity contribution in [2.75, 3.05) is 12.0 Å². The summed E-state index contributed by atoms with van der Waals surface area (Å²) < 4.78 is 0. The number of hydrogen-bond acceptors (Lipinski definition) is 1. The molecule has 0 N–H and O–H groups in total. The van der Waals surface area contributed by atoms with Crippen LogP contribution in [-0.4, -0.2) is 12.0 Å². The van der Waals surface area contributed by atoms with Crippen molar-refractivity contribution in [2.45, 2.75) is 26.2 Å². The van der Waals surface area contributed by atoms with E-state index >= 15 is 0 Å². The van der Waals surface area contributed by atoms with Gasteiger partial charge in [-0.2, -0.15) is 11.8 Å². The van der Waals surface area contributed by atoms with Crippen LogP contribution in [0.5, 0.6) is 0 Å². The second-order valence-corrected chi connectivity index (χ2v) is 4.67. The molecule has 0 saturated carbocycles. The molecule has 0 aromatic carbocycles. The van der Waals surface area contributed by atoms with Gasteiger partial charge in [-0.25, -0.2) is 0 Å². The zero-order valence-electron chi connectivity index (χ0n) is 8.55. The first-order valence-corrected chi connectivity index (χ1v) is 6.42. The fourth-order valence-electron chi connectivity index (χ4n) is 1.02. The molecule has 2 heteroatoms. The molecule has 0 fully saturated rings. The molecule has 0 rings (SSSR count). The normalized spacial score (nSPS) is 14.2. The maximum Gasteiger partial charge on any atom is 0.0144 e. The number of hydrogen-bond donors (Lipinski definition) is 0. The molecule has 13 heavy (non-hydrogen) atoms. The van der Waals surface area contributed by atoms with Crippen LogP contribution in [0.15, 0.2) is 23.8 Å². The Hall–Kier alpha value is 0.120. The summed E-state index contributed by atoms with van der Waals surface area (Å²) in [6.07, 6.45) is 9.20. The van der Waals surface area contributed by atoms with Crippen LogP contribution in [0.1, 0.15) is 26.2 Å². The van der Waals surface area contributed by atoms with E-state index in [0.29, 0.717) is 0 Å². The van der Waals surface area contributed by atoms with Crippen molar-refractivity contribution < 1.29 is 0 Å². The topological polar surface area (TPSA) is 0 Å². The maximum absolute atomic E-state index is 6.01. The lowest BCUT2D eigenvalue weighted by atomic mass is 10.1. The molecule has 1 unspecified atom stereocenters. The van der Waals surface area contributed by atoms with Gasteiger partial charge in [0.1, 0.15) is 0 Å². The molecular formula is C11H19ClS. The highest BCUT2D eigenvalue weighted by atomic mass is 35.5. The third kappa shape index (κ3) is 8.45. The van der Waals surface area contributed by atoms with E-state index in [1.54, 1.807) is 0 Å². The molecule has 0 spiro atoms. The van der Waals surface area contributed by atoms with Crippen LogP contribution >= 0.6 is 23.4 Å². The van der Waals surface area contributed by atoms with E-state index in [0.717, 1.165) is 30.2 Å². The molecule has 0 bridgehead atoms. The van der Waals surface area contributed by atoms with Gasteiger partial charge in [-0.05, 0) is 37.2 Å². The Morgan fingerprint density at radius 1 is 1.62 bits per heavy atom. The summed E-state index contributed by atoms with van der Waals surface area (Å²) >= 11 is 7.90. The van der Waals surface area contributed by atoms with E-state index in [-0.39, 0.29) is 0 Å². The lowest BCUT2D eigenvalue weighted by Crippen LogP contribution is -1.95. The van der Waals surface area contributed by atoms with Crippen LogP contribution in [-0.2, 0) is 0 Å². The van der Waals surface area contributed by atoms with Crippen molar-refractivity contribution in [1.29, 1.82) is 0 Å². The van der Waals surface area contributed by atoms with Crippen LogP contribution in [0, 0.1) is 5.92 Å². The van der Waals surface area contributed by atoms with Gasteiger partial charge >= 0.3 is 0 Å². The summed E-state index contributed by atoms with van der Waals surface area (Å²) in [7, 11) is 0. The van der Waals surface area contributed by atoms with Crippen LogP contribution in [0.3, 0.4) is 0 Å². The predicted molar refractivity (Wildman–Crippen MR) is 65.5 cm³/mol. The van der Waals surface area contributed by atoms with Gasteiger partial charge in [-0.15, -0.1) is 6.58 Å². The van der Waals surface area contributed by atoms with Crippen LogP contribution < -0.4 is 0 Å². The van der Waals surface area contributed by atoms with Gasteiger partial charge in [-0.1, -0.05) is 30.7 Å². The average Bonchev–Trinajstić information content (AvgIpc) is 2.12. The summed E-state index contributed by atoms with van der Waals surface area (Å²) in [5, 5.41) is 0.979. The molecule has 0 aliphatic rings. The molecule has 0 amide bonds. The van der Waals surface area contributed by atoms with E-state index < -0.39 is 0 Å². The Bertz CT molecular complexity index is 163. The molecule has 0 radical (unpaired) electrons. The quantitative estimate of drug-likeness (QED) is 0.569. The fraction of sp³-hybridized carbons (Fsp3) is 0.636. The predicted octanol–water partition coefficient (Wildman–Crippen LogP) is 4.46. The molecule has 0 aliphatic carbocycles. The van der Waals surface area contributed by atoms with E-state index in [1.165, 1.54) is 5.75 Å². The summed E-state index contributed by atoms with van der Waals surface area (Å²) in [5.41, 5.74) is 0. The molecule has 0 aliphatic heterocycles. The smallest absolute Gasteiger partial charge is 0.0144 e. The van der Waals surface area contributed by atoms with Gasteiger partial charge in [0.25, 0.3) is 0 Å². The van der Waals surface area contributed by atoms with Crippen molar-refractivity contribution >= 4 is 23.4 Å². The van der Waals surface area contributed by atoms with Crippen molar-refractivity contribution in [3.05, 3.63) is 23.8 Å². The Labute approximate surface area is 91.4 Å². The van der Waals surface area contributed by atoms with Gasteiger partial charge in [0.15, 0.2) is 0 Å². The lowest BCUT2D eigenvalue weighted by molar-refractivity contribution is 0.674. The van der Waals surface area contributed by atoms with Crippen LogP contribution in [0.2, 0.25) is 0 Å². The molecule has 76 valence electrons. The number of rotatable bonds is 7. The summed E-state index contributed by atoms with van der Waals surface area (Å²) in [6.45, 7) is 5.92. The number of thioether (sulfide) groups is 1. The molecule has 0 aromatic heterocycles. The first-order valence-electron chi connectivity index (χ1n) is 4.65. The minimum absolute atomic E-state index is 0.729. The van der Waals surface area contributed by atoms with Crippen molar-refractivity contribution in [3.8, 4) is 0 Å². The van der Waals surface area contributed by atoms with Crippen LogP contribution in [0.4, 0.5) is 0 Å². The standard InChI is InChI=1S/C11H19ClS/c1-4-5-6-11(12)8-7-10(2)9-13-3/h4,8,10H,1,5-7,9H2,2-3H3/b11-8-. The lowest BCUT2D eigenvalue weighted by Gasteiger charge is -2.05. The Morgan fingerprint density at radius 2 is 2.31 bits per heavy atom. The highest BCUT2D eigenvalue weighted by molar-refractivity contribution is 7.98. The van der Waals surface area contributed by atoms with Crippen molar-refractivity contribution in [2.24, 2.45) is 5.92 Å². The zero-order chi connectivity index (χ0) is 10.1. The average molecular weight is 219 g/mol. The zero-order valence-corrected chi connectivity index (χ0v) is 10.1. The molecule has 1 atom stereocenters. The number of allylic oxidation sites excluding steroid dienone is 3. The minimum Gasteiger partial charge on any atom is -0.165 e. The summed E-state index contributed by atoms with van der Waals surface area (Å²) in [6, 6.07) is 0. The monoisotopic (exact) mass is 218 g/mol. The maximum atomic E-state index is 6.01. The van der Waals surface area contributed by atoms with Gasteiger partial charge < -0.3 is 0 Å². The van der Waals surface area contributed by atoms with Crippen LogP contribution in [0.25, 0.3) is 0 Å². The van der Waals surface area contributed by atoms with Crippen molar-refractivity contribution in [1.82, 2.24) is 0 Å². The van der Waals surface area contributed by atoms with Gasteiger partial charge in [0, 0.05) is 5.03 Å². The molecule has 0 nitrogen and oxygen atoms in total.